The summed E-state index contributed by atoms with van der Waals surface area (Å²) in [7, 11) is 0. The van der Waals surface area contributed by atoms with Crippen molar-refractivity contribution in [2.45, 2.75) is 0 Å². The summed E-state index contributed by atoms with van der Waals surface area (Å²) in [6.45, 7) is 0. The number of aromatic nitrogens is 2. The van der Waals surface area contributed by atoms with Gasteiger partial charge in [0.05, 0.1) is 0 Å². The van der Waals surface area contributed by atoms with E-state index in [1.54, 1.807) is 24.3 Å². The van der Waals surface area contributed by atoms with E-state index in [-0.39, 0.29) is 17.4 Å². The highest BCUT2D eigenvalue weighted by Crippen LogP contribution is 2.25. The minimum Gasteiger partial charge on any atom is -0.393 e. The summed E-state index contributed by atoms with van der Waals surface area (Å²) in [6, 6.07) is 14.3. The van der Waals surface area contributed by atoms with Crippen molar-refractivity contribution in [2.75, 3.05) is 16.5 Å². The SMILES string of the molecule is Nc1c(NNC(=O)c2cccc(Cl)c2)ncnc1Nc1ccc(I)cc1. The summed E-state index contributed by atoms with van der Waals surface area (Å²) >= 11 is 8.12. The van der Waals surface area contributed by atoms with E-state index in [4.69, 9.17) is 17.3 Å². The molecule has 3 aromatic rings. The van der Waals surface area contributed by atoms with Crippen LogP contribution in [0.4, 0.5) is 23.0 Å². The van der Waals surface area contributed by atoms with Gasteiger partial charge in [-0.2, -0.15) is 0 Å². The lowest BCUT2D eigenvalue weighted by Crippen LogP contribution is -2.30. The first-order chi connectivity index (χ1) is 12.5. The smallest absolute Gasteiger partial charge is 0.269 e. The third-order valence-corrected chi connectivity index (χ3v) is 4.33. The van der Waals surface area contributed by atoms with Gasteiger partial charge < -0.3 is 11.1 Å². The lowest BCUT2D eigenvalue weighted by molar-refractivity contribution is 0.0962. The van der Waals surface area contributed by atoms with E-state index in [0.717, 1.165) is 9.26 Å². The van der Waals surface area contributed by atoms with Crippen LogP contribution < -0.4 is 21.9 Å². The third-order valence-electron chi connectivity index (χ3n) is 3.37. The molecule has 0 fully saturated rings. The summed E-state index contributed by atoms with van der Waals surface area (Å²) in [4.78, 5) is 20.3. The lowest BCUT2D eigenvalue weighted by atomic mass is 10.2. The molecule has 1 amide bonds. The van der Waals surface area contributed by atoms with Gasteiger partial charge in [-0.15, -0.1) is 0 Å². The third kappa shape index (κ3) is 4.52. The highest BCUT2D eigenvalue weighted by molar-refractivity contribution is 14.1. The Morgan fingerprint density at radius 3 is 2.54 bits per heavy atom. The minimum atomic E-state index is -0.363. The number of halogens is 2. The first kappa shape index (κ1) is 18.2. The van der Waals surface area contributed by atoms with Crippen molar-refractivity contribution in [3.63, 3.8) is 0 Å². The topological polar surface area (TPSA) is 105 Å². The van der Waals surface area contributed by atoms with Crippen molar-refractivity contribution in [1.82, 2.24) is 15.4 Å². The van der Waals surface area contributed by atoms with Gasteiger partial charge in [-0.05, 0) is 65.1 Å². The average molecular weight is 481 g/mol. The summed E-state index contributed by atoms with van der Waals surface area (Å²) in [6.07, 6.45) is 1.35. The highest BCUT2D eigenvalue weighted by atomic mass is 127. The van der Waals surface area contributed by atoms with Crippen molar-refractivity contribution in [2.24, 2.45) is 0 Å². The highest BCUT2D eigenvalue weighted by Gasteiger charge is 2.11. The fourth-order valence-electron chi connectivity index (χ4n) is 2.08. The summed E-state index contributed by atoms with van der Waals surface area (Å²) in [5, 5.41) is 3.59. The molecule has 1 aromatic heterocycles. The molecule has 5 N–H and O–H groups in total. The summed E-state index contributed by atoms with van der Waals surface area (Å²) in [5.41, 5.74) is 12.9. The number of anilines is 4. The number of nitrogen functional groups attached to an aromatic ring is 1. The first-order valence-electron chi connectivity index (χ1n) is 7.48. The maximum absolute atomic E-state index is 12.2. The Balaban J connectivity index is 1.70. The van der Waals surface area contributed by atoms with Crippen LogP contribution in [-0.2, 0) is 0 Å². The van der Waals surface area contributed by atoms with Gasteiger partial charge in [-0.1, -0.05) is 17.7 Å². The predicted octanol–water partition coefficient (Wildman–Crippen LogP) is 3.82. The number of hydrazine groups is 1. The minimum absolute atomic E-state index is 0.275. The number of carbonyl (C=O) groups is 1. The number of carbonyl (C=O) groups excluding carboxylic acids is 1. The van der Waals surface area contributed by atoms with E-state index in [9.17, 15) is 4.79 Å². The number of rotatable bonds is 5. The molecule has 0 unspecified atom stereocenters. The van der Waals surface area contributed by atoms with Crippen LogP contribution in [0.5, 0.6) is 0 Å². The standard InChI is InChI=1S/C17H14ClIN6O/c18-11-3-1-2-10(8-11)17(26)25-24-16-14(20)15(21-9-22-16)23-13-6-4-12(19)5-7-13/h1-9H,20H2,(H,25,26)(H2,21,22,23,24). The molecule has 0 aliphatic heterocycles. The van der Waals surface area contributed by atoms with Gasteiger partial charge in [0.15, 0.2) is 11.6 Å². The molecule has 0 atom stereocenters. The molecule has 26 heavy (non-hydrogen) atoms. The number of benzene rings is 2. The molecule has 7 nitrogen and oxygen atoms in total. The number of nitrogens with zero attached hydrogens (tertiary/aromatic N) is 2. The Hall–Kier alpha value is -2.59. The van der Waals surface area contributed by atoms with Crippen LogP contribution >= 0.6 is 34.2 Å². The number of nitrogens with one attached hydrogen (secondary N) is 3. The van der Waals surface area contributed by atoms with Gasteiger partial charge in [0.1, 0.15) is 12.0 Å². The second-order valence-corrected chi connectivity index (χ2v) is 6.89. The fraction of sp³-hybridized carbons (Fsp3) is 0. The maximum Gasteiger partial charge on any atom is 0.269 e. The van der Waals surface area contributed by atoms with Gasteiger partial charge >= 0.3 is 0 Å². The van der Waals surface area contributed by atoms with Crippen LogP contribution in [0.25, 0.3) is 0 Å². The van der Waals surface area contributed by atoms with Gasteiger partial charge in [0, 0.05) is 19.8 Å². The monoisotopic (exact) mass is 480 g/mol. The molecular formula is C17H14ClIN6O. The number of amides is 1. The van der Waals surface area contributed by atoms with Crippen molar-refractivity contribution < 1.29 is 4.79 Å². The van der Waals surface area contributed by atoms with Crippen LogP contribution in [-0.4, -0.2) is 15.9 Å². The average Bonchev–Trinajstić information content (AvgIpc) is 2.64. The zero-order valence-corrected chi connectivity index (χ0v) is 16.2. The summed E-state index contributed by atoms with van der Waals surface area (Å²) < 4.78 is 1.12. The van der Waals surface area contributed by atoms with E-state index >= 15 is 0 Å². The molecule has 2 aromatic carbocycles. The maximum atomic E-state index is 12.2. The summed E-state index contributed by atoms with van der Waals surface area (Å²) in [5.74, 6) is 0.349. The quantitative estimate of drug-likeness (QED) is 0.327. The lowest BCUT2D eigenvalue weighted by Gasteiger charge is -2.13. The molecule has 3 rings (SSSR count). The van der Waals surface area contributed by atoms with Crippen molar-refractivity contribution in [3.8, 4) is 0 Å². The van der Waals surface area contributed by atoms with E-state index < -0.39 is 0 Å². The van der Waals surface area contributed by atoms with Crippen molar-refractivity contribution >= 4 is 63.1 Å². The van der Waals surface area contributed by atoms with Crippen LogP contribution in [0.15, 0.2) is 54.9 Å². The zero-order valence-electron chi connectivity index (χ0n) is 13.3. The van der Waals surface area contributed by atoms with Gasteiger partial charge in [0.25, 0.3) is 5.91 Å². The number of hydrogen-bond donors (Lipinski definition) is 4. The first-order valence-corrected chi connectivity index (χ1v) is 8.93. The molecule has 0 saturated heterocycles. The van der Waals surface area contributed by atoms with E-state index in [1.807, 2.05) is 24.3 Å². The van der Waals surface area contributed by atoms with Crippen LogP contribution in [0.1, 0.15) is 10.4 Å². The molecule has 0 spiro atoms. The molecule has 0 radical (unpaired) electrons. The normalized spacial score (nSPS) is 10.2. The number of nitrogens with two attached hydrogens (primary N) is 1. The zero-order chi connectivity index (χ0) is 18.5. The second-order valence-electron chi connectivity index (χ2n) is 5.21. The molecule has 132 valence electrons. The van der Waals surface area contributed by atoms with E-state index in [0.29, 0.717) is 16.4 Å². The Labute approximate surface area is 168 Å². The second kappa shape index (κ2) is 8.19. The Morgan fingerprint density at radius 2 is 1.81 bits per heavy atom. The molecular weight excluding hydrogens is 467 g/mol. The van der Waals surface area contributed by atoms with E-state index in [2.05, 4.69) is 48.7 Å². The predicted molar refractivity (Wildman–Crippen MR) is 111 cm³/mol. The molecule has 1 heterocycles. The van der Waals surface area contributed by atoms with Crippen LogP contribution in [0.3, 0.4) is 0 Å². The van der Waals surface area contributed by atoms with E-state index in [1.165, 1.54) is 6.33 Å². The molecule has 0 aliphatic rings. The van der Waals surface area contributed by atoms with Gasteiger partial charge in [-0.25, -0.2) is 9.97 Å². The van der Waals surface area contributed by atoms with Crippen LogP contribution in [0.2, 0.25) is 5.02 Å². The molecule has 0 bridgehead atoms. The number of hydrogen-bond acceptors (Lipinski definition) is 6. The molecule has 0 saturated carbocycles. The van der Waals surface area contributed by atoms with Gasteiger partial charge in [-0.3, -0.25) is 15.6 Å². The largest absolute Gasteiger partial charge is 0.393 e. The fourth-order valence-corrected chi connectivity index (χ4v) is 2.63. The molecule has 9 heteroatoms. The van der Waals surface area contributed by atoms with Crippen LogP contribution in [0, 0.1) is 3.57 Å². The molecule has 0 aliphatic carbocycles. The van der Waals surface area contributed by atoms with Crippen molar-refractivity contribution in [3.05, 3.63) is 69.0 Å². The van der Waals surface area contributed by atoms with Gasteiger partial charge in [0.2, 0.25) is 0 Å². The Morgan fingerprint density at radius 1 is 1.08 bits per heavy atom. The Bertz CT molecular complexity index is 935. The Kier molecular flexibility index (Phi) is 5.74. The van der Waals surface area contributed by atoms with Crippen molar-refractivity contribution in [1.29, 1.82) is 0 Å².